The van der Waals surface area contributed by atoms with Crippen LogP contribution in [-0.4, -0.2) is 36.5 Å². The molecule has 2 aliphatic rings. The maximum Gasteiger partial charge on any atom is 0.0849 e. The molecule has 1 heterocycles. The summed E-state index contributed by atoms with van der Waals surface area (Å²) in [4.78, 5) is 0. The van der Waals surface area contributed by atoms with Crippen molar-refractivity contribution in [1.29, 1.82) is 0 Å². The van der Waals surface area contributed by atoms with Crippen LogP contribution < -0.4 is 5.32 Å². The van der Waals surface area contributed by atoms with Gasteiger partial charge in [-0.3, -0.25) is 0 Å². The Morgan fingerprint density at radius 3 is 2.71 bits per heavy atom. The topological polar surface area (TPSA) is 41.5 Å². The van der Waals surface area contributed by atoms with Crippen molar-refractivity contribution in [2.45, 2.75) is 50.4 Å². The van der Waals surface area contributed by atoms with Crippen LogP contribution in [0.1, 0.15) is 32.6 Å². The van der Waals surface area contributed by atoms with Crippen molar-refractivity contribution < 1.29 is 9.84 Å². The second-order valence-electron chi connectivity index (χ2n) is 5.01. The number of piperidine rings is 1. The van der Waals surface area contributed by atoms with E-state index >= 15 is 0 Å². The lowest BCUT2D eigenvalue weighted by atomic mass is 9.69. The summed E-state index contributed by atoms with van der Waals surface area (Å²) in [6.45, 7) is 3.31. The fraction of sp³-hybridized carbons (Fsp3) is 1.00. The van der Waals surface area contributed by atoms with Crippen molar-refractivity contribution in [3.8, 4) is 0 Å². The van der Waals surface area contributed by atoms with Gasteiger partial charge in [0.25, 0.3) is 0 Å². The van der Waals surface area contributed by atoms with E-state index in [4.69, 9.17) is 4.74 Å². The van der Waals surface area contributed by atoms with Gasteiger partial charge < -0.3 is 15.2 Å². The third-order valence-corrected chi connectivity index (χ3v) is 3.81. The standard InChI is InChI=1S/C11H21NO2/c1-8-3-4-12-10(5-8)11(13)6-9(7-11)14-2/h8-10,12-13H,3-7H2,1-2H3. The van der Waals surface area contributed by atoms with Crippen LogP contribution in [0, 0.1) is 5.92 Å². The van der Waals surface area contributed by atoms with Gasteiger partial charge in [-0.05, 0) is 25.3 Å². The molecule has 1 saturated heterocycles. The zero-order valence-corrected chi connectivity index (χ0v) is 9.12. The zero-order chi connectivity index (χ0) is 10.2. The van der Waals surface area contributed by atoms with Crippen LogP contribution in [0.2, 0.25) is 0 Å². The van der Waals surface area contributed by atoms with E-state index in [2.05, 4.69) is 12.2 Å². The van der Waals surface area contributed by atoms with Crippen LogP contribution in [0.4, 0.5) is 0 Å². The van der Waals surface area contributed by atoms with Crippen LogP contribution in [-0.2, 0) is 4.74 Å². The van der Waals surface area contributed by atoms with Crippen molar-refractivity contribution in [2.75, 3.05) is 13.7 Å². The lowest BCUT2D eigenvalue weighted by Crippen LogP contribution is -2.62. The van der Waals surface area contributed by atoms with Crippen LogP contribution in [0.5, 0.6) is 0 Å². The van der Waals surface area contributed by atoms with E-state index < -0.39 is 5.60 Å². The maximum atomic E-state index is 10.3. The highest BCUT2D eigenvalue weighted by Crippen LogP contribution is 2.40. The quantitative estimate of drug-likeness (QED) is 0.694. The Hall–Kier alpha value is -0.120. The van der Waals surface area contributed by atoms with Gasteiger partial charge in [0.15, 0.2) is 0 Å². The van der Waals surface area contributed by atoms with Crippen LogP contribution >= 0.6 is 0 Å². The molecule has 2 N–H and O–H groups in total. The van der Waals surface area contributed by atoms with E-state index in [1.54, 1.807) is 7.11 Å². The number of aliphatic hydroxyl groups is 1. The molecule has 1 aliphatic heterocycles. The monoisotopic (exact) mass is 199 g/mol. The second-order valence-corrected chi connectivity index (χ2v) is 5.01. The van der Waals surface area contributed by atoms with Gasteiger partial charge in [-0.2, -0.15) is 0 Å². The predicted molar refractivity (Wildman–Crippen MR) is 55.2 cm³/mol. The van der Waals surface area contributed by atoms with Gasteiger partial charge >= 0.3 is 0 Å². The number of methoxy groups -OCH3 is 1. The van der Waals surface area contributed by atoms with Gasteiger partial charge in [-0.1, -0.05) is 6.92 Å². The van der Waals surface area contributed by atoms with E-state index in [0.29, 0.717) is 0 Å². The van der Waals surface area contributed by atoms with Gasteiger partial charge in [-0.25, -0.2) is 0 Å². The van der Waals surface area contributed by atoms with Gasteiger partial charge in [0.05, 0.1) is 11.7 Å². The first-order valence-corrected chi connectivity index (χ1v) is 5.62. The zero-order valence-electron chi connectivity index (χ0n) is 9.12. The largest absolute Gasteiger partial charge is 0.388 e. The second kappa shape index (κ2) is 3.80. The minimum atomic E-state index is -0.491. The molecule has 1 saturated carbocycles. The van der Waals surface area contributed by atoms with Crippen molar-refractivity contribution in [3.05, 3.63) is 0 Å². The minimum Gasteiger partial charge on any atom is -0.388 e. The molecule has 3 heteroatoms. The molecule has 0 aromatic rings. The summed E-state index contributed by atoms with van der Waals surface area (Å²) in [6.07, 6.45) is 4.22. The fourth-order valence-corrected chi connectivity index (χ4v) is 2.70. The average molecular weight is 199 g/mol. The molecular formula is C11H21NO2. The van der Waals surface area contributed by atoms with Crippen molar-refractivity contribution in [3.63, 3.8) is 0 Å². The molecule has 0 radical (unpaired) electrons. The van der Waals surface area contributed by atoms with Gasteiger partial charge in [0.1, 0.15) is 0 Å². The van der Waals surface area contributed by atoms with E-state index in [1.165, 1.54) is 6.42 Å². The molecule has 82 valence electrons. The fourth-order valence-electron chi connectivity index (χ4n) is 2.70. The van der Waals surface area contributed by atoms with Crippen molar-refractivity contribution >= 4 is 0 Å². The smallest absolute Gasteiger partial charge is 0.0849 e. The molecule has 0 bridgehead atoms. The molecule has 2 fully saturated rings. The number of hydrogen-bond acceptors (Lipinski definition) is 3. The van der Waals surface area contributed by atoms with E-state index in [1.807, 2.05) is 0 Å². The summed E-state index contributed by atoms with van der Waals surface area (Å²) < 4.78 is 5.21. The van der Waals surface area contributed by atoms with Crippen molar-refractivity contribution in [1.82, 2.24) is 5.32 Å². The van der Waals surface area contributed by atoms with Crippen LogP contribution in [0.15, 0.2) is 0 Å². The Labute approximate surface area is 85.8 Å². The highest BCUT2D eigenvalue weighted by Gasteiger charge is 2.49. The first kappa shape index (κ1) is 10.4. The number of ether oxygens (including phenoxy) is 1. The summed E-state index contributed by atoms with van der Waals surface area (Å²) in [5, 5.41) is 13.7. The highest BCUT2D eigenvalue weighted by molar-refractivity contribution is 5.04. The number of nitrogens with one attached hydrogen (secondary N) is 1. The minimum absolute atomic E-state index is 0.277. The molecular weight excluding hydrogens is 178 g/mol. The molecule has 14 heavy (non-hydrogen) atoms. The first-order chi connectivity index (χ1) is 6.64. The molecule has 0 aromatic heterocycles. The normalized spacial score (nSPS) is 48.6. The Morgan fingerprint density at radius 2 is 2.14 bits per heavy atom. The van der Waals surface area contributed by atoms with Gasteiger partial charge in [0.2, 0.25) is 0 Å². The van der Waals surface area contributed by atoms with Gasteiger partial charge in [0, 0.05) is 26.0 Å². The summed E-state index contributed by atoms with van der Waals surface area (Å²) in [5.41, 5.74) is -0.491. The summed E-state index contributed by atoms with van der Waals surface area (Å²) in [7, 11) is 1.72. The molecule has 0 spiro atoms. The lowest BCUT2D eigenvalue weighted by molar-refractivity contribution is -0.151. The Balaban J connectivity index is 1.88. The molecule has 2 unspecified atom stereocenters. The van der Waals surface area contributed by atoms with Crippen LogP contribution in [0.25, 0.3) is 0 Å². The van der Waals surface area contributed by atoms with E-state index in [9.17, 15) is 5.11 Å². The SMILES string of the molecule is COC1CC(O)(C2CC(C)CCN2)C1. The number of hydrogen-bond donors (Lipinski definition) is 2. The van der Waals surface area contributed by atoms with Crippen molar-refractivity contribution in [2.24, 2.45) is 5.92 Å². The van der Waals surface area contributed by atoms with E-state index in [0.717, 1.165) is 31.7 Å². The average Bonchev–Trinajstić information content (AvgIpc) is 2.13. The highest BCUT2D eigenvalue weighted by atomic mass is 16.5. The molecule has 0 amide bonds. The molecule has 3 nitrogen and oxygen atoms in total. The molecule has 1 aliphatic carbocycles. The summed E-state index contributed by atoms with van der Waals surface area (Å²) in [5.74, 6) is 0.742. The number of rotatable bonds is 2. The Kier molecular flexibility index (Phi) is 2.82. The first-order valence-electron chi connectivity index (χ1n) is 5.62. The summed E-state index contributed by atoms with van der Waals surface area (Å²) >= 11 is 0. The van der Waals surface area contributed by atoms with Crippen LogP contribution in [0.3, 0.4) is 0 Å². The Morgan fingerprint density at radius 1 is 1.43 bits per heavy atom. The summed E-state index contributed by atoms with van der Waals surface area (Å²) in [6, 6.07) is 0.289. The third-order valence-electron chi connectivity index (χ3n) is 3.81. The third kappa shape index (κ3) is 1.81. The predicted octanol–water partition coefficient (Wildman–Crippen LogP) is 0.914. The van der Waals surface area contributed by atoms with Gasteiger partial charge in [-0.15, -0.1) is 0 Å². The maximum absolute atomic E-state index is 10.3. The molecule has 2 atom stereocenters. The van der Waals surface area contributed by atoms with E-state index in [-0.39, 0.29) is 12.1 Å². The molecule has 2 rings (SSSR count). The lowest BCUT2D eigenvalue weighted by Gasteiger charge is -2.50. The molecule has 0 aromatic carbocycles. The Bertz CT molecular complexity index is 201.